The number of anilines is 1. The van der Waals surface area contributed by atoms with Crippen molar-refractivity contribution in [2.45, 2.75) is 32.8 Å². The molecule has 0 aliphatic carbocycles. The Hall–Kier alpha value is -2.75. The van der Waals surface area contributed by atoms with Gasteiger partial charge in [-0.1, -0.05) is 6.07 Å². The number of carbonyl (C=O) groups excluding carboxylic acids is 2. The van der Waals surface area contributed by atoms with Gasteiger partial charge in [-0.2, -0.15) is 13.2 Å². The monoisotopic (exact) mass is 425 g/mol. The number of hydrogen-bond acceptors (Lipinski definition) is 6. The van der Waals surface area contributed by atoms with E-state index >= 15 is 0 Å². The fourth-order valence-corrected chi connectivity index (χ4v) is 3.84. The number of hydrogen-bond donors (Lipinski definition) is 1. The Balaban J connectivity index is 1.65. The molecule has 10 heteroatoms. The van der Waals surface area contributed by atoms with E-state index in [4.69, 9.17) is 4.74 Å². The highest BCUT2D eigenvalue weighted by Crippen LogP contribution is 2.35. The first-order chi connectivity index (χ1) is 13.9. The molecular weight excluding hydrogens is 404 g/mol. The average Bonchev–Trinajstić information content (AvgIpc) is 3.22. The number of amides is 2. The summed E-state index contributed by atoms with van der Waals surface area (Å²) >= 11 is 1.18. The lowest BCUT2D eigenvalue weighted by molar-refractivity contribution is -0.131. The average molecular weight is 425 g/mol. The van der Waals surface area contributed by atoms with Gasteiger partial charge < -0.3 is 19.7 Å². The summed E-state index contributed by atoms with van der Waals surface area (Å²) in [5.41, 5.74) is 1.58. The highest BCUT2D eigenvalue weighted by molar-refractivity contribution is 7.10. The van der Waals surface area contributed by atoms with Crippen molar-refractivity contribution in [3.05, 3.63) is 35.5 Å². The third-order valence-corrected chi connectivity index (χ3v) is 5.19. The Morgan fingerprint density at radius 3 is 2.83 bits per heavy atom. The van der Waals surface area contributed by atoms with E-state index in [1.807, 2.05) is 6.92 Å². The molecule has 0 radical (unpaired) electrons. The van der Waals surface area contributed by atoms with Gasteiger partial charge in [-0.25, -0.2) is 0 Å². The van der Waals surface area contributed by atoms with Gasteiger partial charge in [0, 0.05) is 18.9 Å². The van der Waals surface area contributed by atoms with E-state index < -0.39 is 6.61 Å². The van der Waals surface area contributed by atoms with Crippen molar-refractivity contribution in [2.75, 3.05) is 25.0 Å². The molecule has 7 nitrogen and oxygen atoms in total. The minimum atomic E-state index is -2.95. The standard InChI is InChI=1S/C19H21F2N3O4S/c1-3-27-15-7-12(4-5-14(15)28-19(20)21)13-8-18(26)24(9-13)10-16(25)22-17-6-11(2)23-29-17/h4-7,13,19H,3,8-10H2,1-2H3,(H,22,25). The van der Waals surface area contributed by atoms with E-state index in [-0.39, 0.29) is 48.8 Å². The van der Waals surface area contributed by atoms with Gasteiger partial charge in [0.05, 0.1) is 18.8 Å². The van der Waals surface area contributed by atoms with Crippen LogP contribution < -0.4 is 14.8 Å². The second kappa shape index (κ2) is 9.17. The molecule has 1 aliphatic heterocycles. The molecule has 1 N–H and O–H groups in total. The molecular formula is C19H21F2N3O4S. The number of rotatable bonds is 8. The second-order valence-electron chi connectivity index (χ2n) is 6.57. The maximum Gasteiger partial charge on any atom is 0.387 e. The van der Waals surface area contributed by atoms with Crippen LogP contribution in [0.15, 0.2) is 24.3 Å². The van der Waals surface area contributed by atoms with Crippen LogP contribution in [-0.4, -0.2) is 47.4 Å². The summed E-state index contributed by atoms with van der Waals surface area (Å²) in [6.07, 6.45) is 0.230. The third-order valence-electron chi connectivity index (χ3n) is 4.39. The lowest BCUT2D eigenvalue weighted by Gasteiger charge is -2.17. The summed E-state index contributed by atoms with van der Waals surface area (Å²) in [6, 6.07) is 6.43. The molecule has 1 unspecified atom stereocenters. The number of halogens is 2. The molecule has 1 saturated heterocycles. The lowest BCUT2D eigenvalue weighted by atomic mass is 9.98. The van der Waals surface area contributed by atoms with Crippen LogP contribution in [0.1, 0.15) is 30.5 Å². The SMILES string of the molecule is CCOc1cc(C2CC(=O)N(CC(=O)Nc3cc(C)ns3)C2)ccc1OC(F)F. The van der Waals surface area contributed by atoms with Crippen LogP contribution >= 0.6 is 11.5 Å². The summed E-state index contributed by atoms with van der Waals surface area (Å²) in [4.78, 5) is 26.1. The molecule has 2 aromatic rings. The third kappa shape index (κ3) is 5.41. The number of aryl methyl sites for hydroxylation is 1. The van der Waals surface area contributed by atoms with Crippen molar-refractivity contribution in [1.29, 1.82) is 0 Å². The summed E-state index contributed by atoms with van der Waals surface area (Å²) in [7, 11) is 0. The fourth-order valence-electron chi connectivity index (χ4n) is 3.16. The van der Waals surface area contributed by atoms with Crippen molar-refractivity contribution in [3.63, 3.8) is 0 Å². The molecule has 0 spiro atoms. The van der Waals surface area contributed by atoms with Crippen molar-refractivity contribution in [3.8, 4) is 11.5 Å². The molecule has 1 aromatic heterocycles. The number of benzene rings is 1. The van der Waals surface area contributed by atoms with Crippen molar-refractivity contribution in [2.24, 2.45) is 0 Å². The highest BCUT2D eigenvalue weighted by Gasteiger charge is 2.32. The van der Waals surface area contributed by atoms with Crippen molar-refractivity contribution >= 4 is 28.3 Å². The molecule has 2 heterocycles. The Kier molecular flexibility index (Phi) is 6.63. The van der Waals surface area contributed by atoms with Crippen molar-refractivity contribution < 1.29 is 27.8 Å². The molecule has 1 aliphatic rings. The van der Waals surface area contributed by atoms with Gasteiger partial charge in [0.15, 0.2) is 11.5 Å². The molecule has 1 aromatic carbocycles. The molecule has 1 atom stereocenters. The zero-order valence-electron chi connectivity index (χ0n) is 16.0. The maximum absolute atomic E-state index is 12.6. The van der Waals surface area contributed by atoms with Crippen LogP contribution in [-0.2, 0) is 9.59 Å². The first-order valence-corrected chi connectivity index (χ1v) is 9.85. The Morgan fingerprint density at radius 2 is 2.17 bits per heavy atom. The van der Waals surface area contributed by atoms with E-state index in [1.165, 1.54) is 22.5 Å². The normalized spacial score (nSPS) is 16.4. The van der Waals surface area contributed by atoms with Crippen LogP contribution in [0.25, 0.3) is 0 Å². The lowest BCUT2D eigenvalue weighted by Crippen LogP contribution is -2.34. The smallest absolute Gasteiger partial charge is 0.387 e. The minimum absolute atomic E-state index is 0.0500. The Morgan fingerprint density at radius 1 is 1.38 bits per heavy atom. The quantitative estimate of drug-likeness (QED) is 0.701. The van der Waals surface area contributed by atoms with E-state index in [0.717, 1.165) is 11.3 Å². The summed E-state index contributed by atoms with van der Waals surface area (Å²) in [6.45, 7) is 1.20. The largest absolute Gasteiger partial charge is 0.490 e. The van der Waals surface area contributed by atoms with Crippen LogP contribution in [0.4, 0.5) is 13.8 Å². The van der Waals surface area contributed by atoms with Crippen LogP contribution in [0.3, 0.4) is 0 Å². The summed E-state index contributed by atoms with van der Waals surface area (Å²) < 4.78 is 39.1. The molecule has 3 rings (SSSR count). The Bertz CT molecular complexity index is 890. The van der Waals surface area contributed by atoms with Gasteiger partial charge in [-0.15, -0.1) is 0 Å². The van der Waals surface area contributed by atoms with Gasteiger partial charge in [-0.05, 0) is 49.1 Å². The number of nitrogens with one attached hydrogen (secondary N) is 1. The number of carbonyl (C=O) groups is 2. The topological polar surface area (TPSA) is 80.8 Å². The van der Waals surface area contributed by atoms with Gasteiger partial charge in [0.2, 0.25) is 11.8 Å². The number of likely N-dealkylation sites (tertiary alicyclic amines) is 1. The zero-order chi connectivity index (χ0) is 21.0. The van der Waals surface area contributed by atoms with Crippen LogP contribution in [0.2, 0.25) is 0 Å². The molecule has 29 heavy (non-hydrogen) atoms. The van der Waals surface area contributed by atoms with E-state index in [2.05, 4.69) is 14.4 Å². The van der Waals surface area contributed by atoms with Gasteiger partial charge in [0.1, 0.15) is 5.00 Å². The number of ether oxygens (including phenoxy) is 2. The maximum atomic E-state index is 12.6. The highest BCUT2D eigenvalue weighted by atomic mass is 32.1. The van der Waals surface area contributed by atoms with Crippen molar-refractivity contribution in [1.82, 2.24) is 9.27 Å². The minimum Gasteiger partial charge on any atom is -0.490 e. The Labute approximate surface area is 170 Å². The number of alkyl halides is 2. The number of nitrogens with zero attached hydrogens (tertiary/aromatic N) is 2. The predicted molar refractivity (Wildman–Crippen MR) is 104 cm³/mol. The molecule has 1 fully saturated rings. The van der Waals surface area contributed by atoms with Crippen LogP contribution in [0, 0.1) is 6.92 Å². The molecule has 0 bridgehead atoms. The first kappa shape index (κ1) is 21.0. The molecule has 156 valence electrons. The predicted octanol–water partition coefficient (Wildman–Crippen LogP) is 3.41. The second-order valence-corrected chi connectivity index (χ2v) is 7.38. The van der Waals surface area contributed by atoms with Crippen LogP contribution in [0.5, 0.6) is 11.5 Å². The van der Waals surface area contributed by atoms with Gasteiger partial charge in [0.25, 0.3) is 0 Å². The van der Waals surface area contributed by atoms with Gasteiger partial charge >= 0.3 is 6.61 Å². The first-order valence-electron chi connectivity index (χ1n) is 9.08. The summed E-state index contributed by atoms with van der Waals surface area (Å²) in [5.74, 6) is -0.448. The molecule has 2 amide bonds. The summed E-state index contributed by atoms with van der Waals surface area (Å²) in [5, 5.41) is 3.36. The number of aromatic nitrogens is 1. The fraction of sp³-hybridized carbons (Fsp3) is 0.421. The van der Waals surface area contributed by atoms with Gasteiger partial charge in [-0.3, -0.25) is 9.59 Å². The van der Waals surface area contributed by atoms with E-state index in [9.17, 15) is 18.4 Å². The molecule has 0 saturated carbocycles. The van der Waals surface area contributed by atoms with E-state index in [1.54, 1.807) is 25.1 Å². The van der Waals surface area contributed by atoms with E-state index in [0.29, 0.717) is 11.5 Å². The zero-order valence-corrected chi connectivity index (χ0v) is 16.8.